The molecule has 6 aromatic carbocycles. The molecule has 32 nitrogen and oxygen atoms in total. The molecule has 0 unspecified atom stereocenters. The van der Waals surface area contributed by atoms with Crippen LogP contribution >= 0.6 is 11.3 Å². The number of hydrogen-bond donors (Lipinski definition) is 9. The van der Waals surface area contributed by atoms with Gasteiger partial charge >= 0.3 is 5.97 Å². The zero-order valence-electron chi connectivity index (χ0n) is 39.2. The molecule has 39 heteroatoms. The number of aromatic carboxylic acids is 1. The first-order valence-corrected chi connectivity index (χ1v) is 30.8. The molecule has 8 aromatic rings. The summed E-state index contributed by atoms with van der Waals surface area (Å²) in [5, 5.41) is 57.5. The molecule has 0 aliphatic heterocycles. The van der Waals surface area contributed by atoms with Gasteiger partial charge in [-0.25, -0.2) is 9.78 Å². The van der Waals surface area contributed by atoms with E-state index in [-0.39, 0.29) is 50.7 Å². The Morgan fingerprint density at radius 1 is 0.613 bits per heavy atom. The molecule has 2 aromatic heterocycles. The van der Waals surface area contributed by atoms with E-state index in [0.717, 1.165) is 59.9 Å². The van der Waals surface area contributed by atoms with Gasteiger partial charge in [0.1, 0.15) is 37.5 Å². The second-order valence-electron chi connectivity index (χ2n) is 16.3. The van der Waals surface area contributed by atoms with Crippen molar-refractivity contribution >= 4 is 143 Å². The highest BCUT2D eigenvalue weighted by atomic mass is 32.2. The standard InChI is InChI=1S/C41H31N9O23S7/c1-18-11-29(30(73-9-2-10-75(55,56)57)17-28(18)44-48-41-42-26-7-4-21(76(58,59)60)14-31(26)74-41)45-46-34-33(79(67,68)69)16-25-24(37(34)51)6-8-27(38(25)80(70,71)72)43-47-35-36(40(53)54)49-50(39(35)52)20-3-5-23-19(12-20)13-22(77(61,62)63)15-32(23)78(64,65)66/h3-8,11-17,51-52H,2,9-10H2,1H3,(H,53,54)(H,55,56,57)(H,58,59,60)(H,61,62,63)(H,64,65,66)(H,67,68,69)(H,70,71,72). The number of rotatable bonds is 18. The highest BCUT2D eigenvalue weighted by Gasteiger charge is 2.30. The number of carboxylic acid groups (broad SMARTS) is 1. The summed E-state index contributed by atoms with van der Waals surface area (Å²) in [4.78, 5) is 11.5. The van der Waals surface area contributed by atoms with Crippen LogP contribution in [0.3, 0.4) is 0 Å². The van der Waals surface area contributed by atoms with Crippen molar-refractivity contribution in [2.24, 2.45) is 30.7 Å². The van der Waals surface area contributed by atoms with Gasteiger partial charge in [-0.2, -0.15) is 60.3 Å². The maximum Gasteiger partial charge on any atom is 0.358 e. The van der Waals surface area contributed by atoms with Gasteiger partial charge in [-0.15, -0.1) is 30.7 Å². The summed E-state index contributed by atoms with van der Waals surface area (Å²) in [6.07, 6.45) is -0.306. The van der Waals surface area contributed by atoms with Crippen LogP contribution in [-0.2, 0) is 60.7 Å². The molecule has 9 N–H and O–H groups in total. The number of nitrogens with zero attached hydrogens (tertiary/aromatic N) is 9. The average molecular weight is 1240 g/mol. The van der Waals surface area contributed by atoms with Crippen LogP contribution in [0, 0.1) is 6.92 Å². The molecular weight excluding hydrogens is 1210 g/mol. The van der Waals surface area contributed by atoms with Crippen LogP contribution in [0.25, 0.3) is 37.4 Å². The van der Waals surface area contributed by atoms with Crippen molar-refractivity contribution in [3.05, 3.63) is 90.1 Å². The Balaban J connectivity index is 1.20. The third-order valence-electron chi connectivity index (χ3n) is 10.9. The third kappa shape index (κ3) is 12.4. The van der Waals surface area contributed by atoms with E-state index >= 15 is 0 Å². The van der Waals surface area contributed by atoms with Crippen LogP contribution in [-0.4, -0.2) is 126 Å². The minimum atomic E-state index is -5.64. The summed E-state index contributed by atoms with van der Waals surface area (Å²) < 4.78 is 212. The highest BCUT2D eigenvalue weighted by Crippen LogP contribution is 2.47. The van der Waals surface area contributed by atoms with Gasteiger partial charge in [-0.1, -0.05) is 17.4 Å². The van der Waals surface area contributed by atoms with E-state index in [1.54, 1.807) is 0 Å². The van der Waals surface area contributed by atoms with Gasteiger partial charge in [0, 0.05) is 22.2 Å². The van der Waals surface area contributed by atoms with Crippen molar-refractivity contribution < 1.29 is 103 Å². The molecule has 0 saturated carbocycles. The van der Waals surface area contributed by atoms with Crippen molar-refractivity contribution in [2.75, 3.05) is 12.4 Å². The van der Waals surface area contributed by atoms with Crippen LogP contribution in [0.4, 0.5) is 33.6 Å². The summed E-state index contributed by atoms with van der Waals surface area (Å²) >= 11 is 0.889. The van der Waals surface area contributed by atoms with E-state index in [4.69, 9.17) is 4.74 Å². The largest absolute Gasteiger partial charge is 0.505 e. The van der Waals surface area contributed by atoms with Gasteiger partial charge < -0.3 is 20.1 Å². The minimum Gasteiger partial charge on any atom is -0.505 e. The van der Waals surface area contributed by atoms with Gasteiger partial charge in [-0.05, 0) is 91.0 Å². The number of aromatic hydroxyl groups is 2. The van der Waals surface area contributed by atoms with E-state index in [9.17, 15) is 97.9 Å². The van der Waals surface area contributed by atoms with Crippen molar-refractivity contribution in [3.8, 4) is 23.1 Å². The number of ether oxygens (including phenoxy) is 1. The molecule has 0 amide bonds. The molecule has 0 spiro atoms. The monoisotopic (exact) mass is 1240 g/mol. The Hall–Kier alpha value is -7.93. The molecule has 0 atom stereocenters. The Labute approximate surface area is 452 Å². The molecule has 80 heavy (non-hydrogen) atoms. The lowest BCUT2D eigenvalue weighted by molar-refractivity contribution is 0.0690. The number of phenolic OH excluding ortho intramolecular Hbond substituents is 1. The van der Waals surface area contributed by atoms with E-state index in [1.165, 1.54) is 25.1 Å². The topological polar surface area (TPSA) is 518 Å². The van der Waals surface area contributed by atoms with Crippen molar-refractivity contribution in [3.63, 3.8) is 0 Å². The molecule has 0 bridgehead atoms. The fraction of sp³-hybridized carbons (Fsp3) is 0.0976. The summed E-state index contributed by atoms with van der Waals surface area (Å²) in [6.45, 7) is 1.04. The van der Waals surface area contributed by atoms with Gasteiger partial charge in [0.05, 0.1) is 43.7 Å². The lowest BCUT2D eigenvalue weighted by Crippen LogP contribution is -2.08. The Morgan fingerprint density at radius 3 is 1.88 bits per heavy atom. The van der Waals surface area contributed by atoms with Crippen molar-refractivity contribution in [1.82, 2.24) is 14.8 Å². The molecule has 420 valence electrons. The molecule has 0 radical (unpaired) electrons. The summed E-state index contributed by atoms with van der Waals surface area (Å²) in [7, 11) is -30.5. The van der Waals surface area contributed by atoms with E-state index in [1.807, 2.05) is 0 Å². The number of phenols is 1. The first kappa shape index (κ1) is 58.2. The van der Waals surface area contributed by atoms with Crippen molar-refractivity contribution in [1.29, 1.82) is 0 Å². The number of hydrogen-bond acceptors (Lipinski definition) is 25. The summed E-state index contributed by atoms with van der Waals surface area (Å²) in [5.74, 6) is -5.36. The number of carbonyl (C=O) groups is 1. The number of thiazole rings is 1. The van der Waals surface area contributed by atoms with Crippen LogP contribution in [0.15, 0.2) is 134 Å². The first-order chi connectivity index (χ1) is 37.0. The highest BCUT2D eigenvalue weighted by molar-refractivity contribution is 7.87. The van der Waals surface area contributed by atoms with Gasteiger partial charge in [0.15, 0.2) is 11.4 Å². The van der Waals surface area contributed by atoms with Gasteiger partial charge in [-0.3, -0.25) is 27.3 Å². The number of carboxylic acids is 1. The number of azo groups is 3. The molecule has 8 rings (SSSR count). The molecule has 2 heterocycles. The Morgan fingerprint density at radius 2 is 1.25 bits per heavy atom. The number of benzene rings is 6. The second kappa shape index (κ2) is 20.9. The predicted molar refractivity (Wildman–Crippen MR) is 274 cm³/mol. The zero-order valence-corrected chi connectivity index (χ0v) is 45.0. The maximum absolute atomic E-state index is 13.1. The minimum absolute atomic E-state index is 0.00805. The summed E-state index contributed by atoms with van der Waals surface area (Å²) in [6, 6.07) is 12.2. The van der Waals surface area contributed by atoms with Gasteiger partial charge in [0.2, 0.25) is 16.7 Å². The molecule has 0 fully saturated rings. The maximum atomic E-state index is 13.1. The second-order valence-corrected chi connectivity index (χ2v) is 25.9. The fourth-order valence-corrected chi connectivity index (χ4v) is 12.1. The predicted octanol–water partition coefficient (Wildman–Crippen LogP) is 7.34. The summed E-state index contributed by atoms with van der Waals surface area (Å²) in [5.41, 5.74) is -4.25. The molecular formula is C41H31N9O23S7. The molecule has 0 saturated heterocycles. The van der Waals surface area contributed by atoms with E-state index in [2.05, 4.69) is 40.8 Å². The Bertz CT molecular complexity index is 4790. The third-order valence-corrected chi connectivity index (χ3v) is 17.0. The number of fused-ring (bicyclic) bond motifs is 3. The number of aromatic nitrogens is 3. The zero-order chi connectivity index (χ0) is 58.8. The SMILES string of the molecule is Cc1cc(N=Nc2c(S(=O)(=O)O)cc3c(S(=O)(=O)O)c(N=Nc4c(C(=O)O)nn(-c5ccc6c(S(=O)(=O)O)cc(S(=O)(=O)O)cc6c5)c4O)ccc3c2O)c(OCCCS(=O)(=O)O)cc1N=Nc1nc2ccc(S(=O)(=O)O)cc2s1. The molecule has 0 aliphatic carbocycles. The normalized spacial score (nSPS) is 13.2. The lowest BCUT2D eigenvalue weighted by Gasteiger charge is -2.13. The van der Waals surface area contributed by atoms with Crippen LogP contribution in [0.2, 0.25) is 0 Å². The smallest absolute Gasteiger partial charge is 0.358 e. The van der Waals surface area contributed by atoms with Crippen molar-refractivity contribution in [2.45, 2.75) is 37.8 Å². The van der Waals surface area contributed by atoms with Crippen LogP contribution < -0.4 is 4.74 Å². The van der Waals surface area contributed by atoms with E-state index in [0.29, 0.717) is 27.0 Å². The van der Waals surface area contributed by atoms with Crippen LogP contribution in [0.1, 0.15) is 22.5 Å². The van der Waals surface area contributed by atoms with Crippen LogP contribution in [0.5, 0.6) is 17.4 Å². The molecule has 0 aliphatic rings. The average Bonchev–Trinajstić information content (AvgIpc) is 3.92. The fourth-order valence-electron chi connectivity index (χ4n) is 7.42. The van der Waals surface area contributed by atoms with E-state index < -0.39 is 149 Å². The Kier molecular flexibility index (Phi) is 15.2. The van der Waals surface area contributed by atoms with Gasteiger partial charge in [0.25, 0.3) is 60.7 Å². The first-order valence-electron chi connectivity index (χ1n) is 21.2. The number of aryl methyl sites for hydroxylation is 1. The quantitative estimate of drug-likeness (QED) is 0.0230. The lowest BCUT2D eigenvalue weighted by atomic mass is 10.1.